The minimum Gasteiger partial charge on any atom is -0.454 e. The van der Waals surface area contributed by atoms with E-state index in [1.807, 2.05) is 17.0 Å². The number of likely N-dealkylation sites (tertiary alicyclic amines) is 1. The highest BCUT2D eigenvalue weighted by Gasteiger charge is 2.29. The average molecular weight is 248 g/mol. The van der Waals surface area contributed by atoms with Crippen LogP contribution >= 0.6 is 0 Å². The zero-order chi connectivity index (χ0) is 12.5. The van der Waals surface area contributed by atoms with E-state index < -0.39 is 0 Å². The van der Waals surface area contributed by atoms with Crippen LogP contribution in [0.4, 0.5) is 0 Å². The number of hydrogen-bond donors (Lipinski definition) is 1. The summed E-state index contributed by atoms with van der Waals surface area (Å²) in [4.78, 5) is 14.3. The molecule has 0 saturated carbocycles. The summed E-state index contributed by atoms with van der Waals surface area (Å²) in [5.74, 6) is 1.64. The smallest absolute Gasteiger partial charge is 0.257 e. The van der Waals surface area contributed by atoms with E-state index in [1.165, 1.54) is 0 Å². The summed E-state index contributed by atoms with van der Waals surface area (Å²) in [6, 6.07) is 5.41. The topological polar surface area (TPSA) is 64.8 Å². The van der Waals surface area contributed by atoms with Crippen LogP contribution in [0.25, 0.3) is 0 Å². The molecule has 1 aromatic carbocycles. The molecule has 0 bridgehead atoms. The molecule has 0 spiro atoms. The van der Waals surface area contributed by atoms with Crippen molar-refractivity contribution >= 4 is 5.91 Å². The Balaban J connectivity index is 1.83. The second-order valence-electron chi connectivity index (χ2n) is 4.68. The minimum absolute atomic E-state index is 0.00769. The van der Waals surface area contributed by atoms with Crippen LogP contribution in [0.1, 0.15) is 16.8 Å². The summed E-state index contributed by atoms with van der Waals surface area (Å²) in [5.41, 5.74) is 6.23. The van der Waals surface area contributed by atoms with E-state index in [4.69, 9.17) is 15.2 Å². The molecule has 2 aliphatic heterocycles. The van der Waals surface area contributed by atoms with Crippen LogP contribution < -0.4 is 15.2 Å². The summed E-state index contributed by atoms with van der Waals surface area (Å²) in [6.45, 7) is 2.33. The second kappa shape index (κ2) is 4.49. The van der Waals surface area contributed by atoms with Gasteiger partial charge in [0.1, 0.15) is 0 Å². The maximum absolute atomic E-state index is 12.4. The largest absolute Gasteiger partial charge is 0.454 e. The van der Waals surface area contributed by atoms with Crippen LogP contribution in [-0.2, 0) is 0 Å². The molecular weight excluding hydrogens is 232 g/mol. The molecule has 3 rings (SSSR count). The van der Waals surface area contributed by atoms with Gasteiger partial charge in [-0.25, -0.2) is 0 Å². The Morgan fingerprint density at radius 1 is 1.44 bits per heavy atom. The van der Waals surface area contributed by atoms with Gasteiger partial charge in [0.15, 0.2) is 11.5 Å². The second-order valence-corrected chi connectivity index (χ2v) is 4.68. The molecule has 1 aromatic rings. The van der Waals surface area contributed by atoms with Gasteiger partial charge in [-0.05, 0) is 31.0 Å². The summed E-state index contributed by atoms with van der Waals surface area (Å²) in [7, 11) is 0. The highest BCUT2D eigenvalue weighted by atomic mass is 16.7. The molecule has 2 aliphatic rings. The number of nitrogens with two attached hydrogens (primary N) is 1. The van der Waals surface area contributed by atoms with E-state index in [9.17, 15) is 4.79 Å². The van der Waals surface area contributed by atoms with Crippen LogP contribution in [0.2, 0.25) is 0 Å². The summed E-state index contributed by atoms with van der Waals surface area (Å²) < 4.78 is 10.7. The molecule has 0 aromatic heterocycles. The van der Waals surface area contributed by atoms with E-state index in [0.29, 0.717) is 29.5 Å². The van der Waals surface area contributed by atoms with Crippen molar-refractivity contribution in [3.8, 4) is 11.5 Å². The molecular formula is C13H16N2O3. The van der Waals surface area contributed by atoms with Crippen molar-refractivity contribution in [2.24, 2.45) is 11.7 Å². The molecule has 96 valence electrons. The van der Waals surface area contributed by atoms with Gasteiger partial charge in [-0.15, -0.1) is 0 Å². The third-order valence-electron chi connectivity index (χ3n) is 3.53. The summed E-state index contributed by atoms with van der Waals surface area (Å²) >= 11 is 0. The summed E-state index contributed by atoms with van der Waals surface area (Å²) in [5, 5.41) is 0. The van der Waals surface area contributed by atoms with Crippen LogP contribution in [0, 0.1) is 5.92 Å². The van der Waals surface area contributed by atoms with Crippen LogP contribution in [0.5, 0.6) is 11.5 Å². The number of hydrogen-bond acceptors (Lipinski definition) is 4. The first-order chi connectivity index (χ1) is 8.79. The zero-order valence-electron chi connectivity index (χ0n) is 10.1. The third kappa shape index (κ3) is 1.80. The van der Waals surface area contributed by atoms with Crippen molar-refractivity contribution in [2.75, 3.05) is 26.4 Å². The first kappa shape index (κ1) is 11.3. The SMILES string of the molecule is NCC1CCN(C(=O)c2cccc3c2OCO3)C1. The molecule has 1 saturated heterocycles. The fourth-order valence-corrected chi connectivity index (χ4v) is 2.48. The van der Waals surface area contributed by atoms with Crippen LogP contribution in [0.15, 0.2) is 18.2 Å². The average Bonchev–Trinajstić information content (AvgIpc) is 3.05. The number of fused-ring (bicyclic) bond motifs is 1. The lowest BCUT2D eigenvalue weighted by Crippen LogP contribution is -2.30. The molecule has 1 amide bonds. The van der Waals surface area contributed by atoms with Crippen molar-refractivity contribution in [1.29, 1.82) is 0 Å². The normalized spacial score (nSPS) is 21.4. The predicted molar refractivity (Wildman–Crippen MR) is 65.6 cm³/mol. The molecule has 1 atom stereocenters. The van der Waals surface area contributed by atoms with Gasteiger partial charge in [0.2, 0.25) is 6.79 Å². The molecule has 0 aliphatic carbocycles. The number of rotatable bonds is 2. The number of carbonyl (C=O) groups is 1. The molecule has 0 radical (unpaired) electrons. The number of ether oxygens (including phenoxy) is 2. The monoisotopic (exact) mass is 248 g/mol. The van der Waals surface area contributed by atoms with Crippen molar-refractivity contribution in [3.05, 3.63) is 23.8 Å². The van der Waals surface area contributed by atoms with Crippen molar-refractivity contribution in [2.45, 2.75) is 6.42 Å². The number of amides is 1. The van der Waals surface area contributed by atoms with Gasteiger partial charge in [-0.2, -0.15) is 0 Å². The predicted octanol–water partition coefficient (Wildman–Crippen LogP) is 0.836. The lowest BCUT2D eigenvalue weighted by Gasteiger charge is -2.17. The molecule has 5 heteroatoms. The number of benzene rings is 1. The summed E-state index contributed by atoms with van der Waals surface area (Å²) in [6.07, 6.45) is 0.981. The van der Waals surface area contributed by atoms with Crippen LogP contribution in [-0.4, -0.2) is 37.2 Å². The van der Waals surface area contributed by atoms with Crippen molar-refractivity contribution in [1.82, 2.24) is 4.90 Å². The van der Waals surface area contributed by atoms with Gasteiger partial charge in [-0.3, -0.25) is 4.79 Å². The Morgan fingerprint density at radius 2 is 2.33 bits per heavy atom. The highest BCUT2D eigenvalue weighted by Crippen LogP contribution is 2.36. The van der Waals surface area contributed by atoms with Gasteiger partial charge < -0.3 is 20.1 Å². The molecule has 5 nitrogen and oxygen atoms in total. The Morgan fingerprint density at radius 3 is 3.11 bits per heavy atom. The van der Waals surface area contributed by atoms with Crippen molar-refractivity contribution in [3.63, 3.8) is 0 Å². The van der Waals surface area contributed by atoms with E-state index >= 15 is 0 Å². The van der Waals surface area contributed by atoms with Gasteiger partial charge in [0.05, 0.1) is 5.56 Å². The Kier molecular flexibility index (Phi) is 2.83. The van der Waals surface area contributed by atoms with Gasteiger partial charge in [0.25, 0.3) is 5.91 Å². The fraction of sp³-hybridized carbons (Fsp3) is 0.462. The lowest BCUT2D eigenvalue weighted by molar-refractivity contribution is 0.0783. The van der Waals surface area contributed by atoms with Gasteiger partial charge in [-0.1, -0.05) is 6.07 Å². The molecule has 18 heavy (non-hydrogen) atoms. The van der Waals surface area contributed by atoms with Gasteiger partial charge >= 0.3 is 0 Å². The quantitative estimate of drug-likeness (QED) is 0.842. The Hall–Kier alpha value is -1.75. The van der Waals surface area contributed by atoms with E-state index in [-0.39, 0.29) is 12.7 Å². The molecule has 1 unspecified atom stereocenters. The van der Waals surface area contributed by atoms with Gasteiger partial charge in [0, 0.05) is 13.1 Å². The zero-order valence-corrected chi connectivity index (χ0v) is 10.1. The molecule has 1 fully saturated rings. The third-order valence-corrected chi connectivity index (χ3v) is 3.53. The van der Waals surface area contributed by atoms with E-state index in [1.54, 1.807) is 6.07 Å². The molecule has 2 N–H and O–H groups in total. The number of carbonyl (C=O) groups excluding carboxylic acids is 1. The first-order valence-electron chi connectivity index (χ1n) is 6.17. The standard InChI is InChI=1S/C13H16N2O3/c14-6-9-4-5-15(7-9)13(16)10-2-1-3-11-12(10)18-8-17-11/h1-3,9H,4-8,14H2. The Bertz CT molecular complexity index is 475. The first-order valence-corrected chi connectivity index (χ1v) is 6.17. The van der Waals surface area contributed by atoms with E-state index in [2.05, 4.69) is 0 Å². The minimum atomic E-state index is 0.00769. The van der Waals surface area contributed by atoms with Crippen molar-refractivity contribution < 1.29 is 14.3 Å². The lowest BCUT2D eigenvalue weighted by atomic mass is 10.1. The van der Waals surface area contributed by atoms with E-state index in [0.717, 1.165) is 19.5 Å². The Labute approximate surface area is 105 Å². The highest BCUT2D eigenvalue weighted by molar-refractivity contribution is 5.98. The maximum atomic E-state index is 12.4. The molecule has 2 heterocycles. The fourth-order valence-electron chi connectivity index (χ4n) is 2.48. The maximum Gasteiger partial charge on any atom is 0.257 e. The van der Waals surface area contributed by atoms with Crippen LogP contribution in [0.3, 0.4) is 0 Å². The number of nitrogens with zero attached hydrogens (tertiary/aromatic N) is 1. The number of para-hydroxylation sites is 1.